The molecule has 0 aromatic carbocycles. The lowest BCUT2D eigenvalue weighted by atomic mass is 10.2. The van der Waals surface area contributed by atoms with Crippen LogP contribution in [0.1, 0.15) is 65.2 Å². The van der Waals surface area contributed by atoms with Crippen LogP contribution in [0.15, 0.2) is 0 Å². The van der Waals surface area contributed by atoms with E-state index in [-0.39, 0.29) is 0 Å². The van der Waals surface area contributed by atoms with Crippen molar-refractivity contribution < 1.29 is 17.4 Å². The number of amides is 1. The van der Waals surface area contributed by atoms with Crippen molar-refractivity contribution in [2.45, 2.75) is 65.2 Å². The number of carbonyl (C=O) groups excluding carboxylic acids is 1. The Balaban J connectivity index is 4.40. The molecule has 20 heavy (non-hydrogen) atoms. The van der Waals surface area contributed by atoms with Crippen LogP contribution >= 0.6 is 0 Å². The Labute approximate surface area is 122 Å². The number of rotatable bonds is 12. The number of primary amides is 1. The quantitative estimate of drug-likeness (QED) is 0.561. The highest BCUT2D eigenvalue weighted by Crippen LogP contribution is 2.11. The molecule has 0 radical (unpaired) electrons. The lowest BCUT2D eigenvalue weighted by Crippen LogP contribution is -2.37. The fourth-order valence-electron chi connectivity index (χ4n) is 1.92. The molecule has 0 fully saturated rings. The number of carbonyl (C=O) groups is 1. The SMILES string of the molecule is CCCCCCN(CCCCCC)S(=O)(=O)OC(N)=O. The second-order valence-electron chi connectivity index (χ2n) is 4.88. The van der Waals surface area contributed by atoms with Crippen molar-refractivity contribution in [2.24, 2.45) is 5.73 Å². The van der Waals surface area contributed by atoms with E-state index in [9.17, 15) is 13.2 Å². The minimum atomic E-state index is -4.04. The fourth-order valence-corrected chi connectivity index (χ4v) is 2.94. The molecule has 0 aliphatic carbocycles. The van der Waals surface area contributed by atoms with Gasteiger partial charge in [0.15, 0.2) is 0 Å². The summed E-state index contributed by atoms with van der Waals surface area (Å²) in [6.07, 6.45) is 6.49. The molecule has 0 saturated heterocycles. The summed E-state index contributed by atoms with van der Waals surface area (Å²) in [6, 6.07) is 0. The monoisotopic (exact) mass is 308 g/mol. The normalized spacial score (nSPS) is 11.8. The molecule has 0 aromatic rings. The van der Waals surface area contributed by atoms with Crippen LogP contribution in [0.2, 0.25) is 0 Å². The van der Waals surface area contributed by atoms with Gasteiger partial charge in [-0.3, -0.25) is 0 Å². The van der Waals surface area contributed by atoms with E-state index in [1.54, 1.807) is 0 Å². The van der Waals surface area contributed by atoms with Crippen LogP contribution in [0.25, 0.3) is 0 Å². The number of unbranched alkanes of at least 4 members (excludes halogenated alkanes) is 6. The molecule has 0 atom stereocenters. The van der Waals surface area contributed by atoms with Gasteiger partial charge in [0.1, 0.15) is 0 Å². The third kappa shape index (κ3) is 9.14. The minimum absolute atomic E-state index is 0.377. The van der Waals surface area contributed by atoms with Gasteiger partial charge in [-0.25, -0.2) is 4.79 Å². The van der Waals surface area contributed by atoms with Gasteiger partial charge in [0, 0.05) is 13.1 Å². The molecule has 2 N–H and O–H groups in total. The summed E-state index contributed by atoms with van der Waals surface area (Å²) in [7, 11) is -4.04. The largest absolute Gasteiger partial charge is 0.421 e. The number of hydrogen-bond donors (Lipinski definition) is 1. The average Bonchev–Trinajstić information content (AvgIpc) is 2.35. The first-order valence-corrected chi connectivity index (χ1v) is 8.79. The molecule has 0 rings (SSSR count). The molecule has 0 saturated carbocycles. The maximum Gasteiger partial charge on any atom is 0.421 e. The third-order valence-corrected chi connectivity index (χ3v) is 4.40. The van der Waals surface area contributed by atoms with Gasteiger partial charge in [-0.15, -0.1) is 0 Å². The van der Waals surface area contributed by atoms with Crippen molar-refractivity contribution in [3.05, 3.63) is 0 Å². The molecule has 120 valence electrons. The van der Waals surface area contributed by atoms with E-state index < -0.39 is 16.4 Å². The highest BCUT2D eigenvalue weighted by Gasteiger charge is 2.24. The molecule has 7 heteroatoms. The molecule has 0 unspecified atom stereocenters. The van der Waals surface area contributed by atoms with Gasteiger partial charge < -0.3 is 9.92 Å². The first kappa shape index (κ1) is 19.2. The van der Waals surface area contributed by atoms with E-state index >= 15 is 0 Å². The Morgan fingerprint density at radius 3 is 1.75 bits per heavy atom. The molecule has 1 amide bonds. The number of hydrogen-bond acceptors (Lipinski definition) is 4. The first-order valence-electron chi connectivity index (χ1n) is 7.43. The van der Waals surface area contributed by atoms with E-state index in [0.717, 1.165) is 51.4 Å². The van der Waals surface area contributed by atoms with Crippen molar-refractivity contribution >= 4 is 16.4 Å². The second-order valence-corrected chi connectivity index (χ2v) is 6.42. The zero-order valence-corrected chi connectivity index (χ0v) is 13.5. The van der Waals surface area contributed by atoms with Crippen LogP contribution < -0.4 is 5.73 Å². The molecule has 6 nitrogen and oxygen atoms in total. The fraction of sp³-hybridized carbons (Fsp3) is 0.923. The van der Waals surface area contributed by atoms with Crippen LogP contribution in [0.4, 0.5) is 4.79 Å². The van der Waals surface area contributed by atoms with Crippen LogP contribution in [0.3, 0.4) is 0 Å². The highest BCUT2D eigenvalue weighted by molar-refractivity contribution is 7.84. The summed E-state index contributed by atoms with van der Waals surface area (Å²) in [5.74, 6) is 0. The molecule has 0 aliphatic rings. The molecule has 0 bridgehead atoms. The Morgan fingerprint density at radius 2 is 1.40 bits per heavy atom. The summed E-state index contributed by atoms with van der Waals surface area (Å²) >= 11 is 0. The van der Waals surface area contributed by atoms with Gasteiger partial charge in [-0.05, 0) is 12.8 Å². The lowest BCUT2D eigenvalue weighted by molar-refractivity contribution is 0.205. The predicted octanol–water partition coefficient (Wildman–Crippen LogP) is 2.79. The van der Waals surface area contributed by atoms with Crippen molar-refractivity contribution in [1.29, 1.82) is 0 Å². The number of nitrogens with two attached hydrogens (primary N) is 1. The minimum Gasteiger partial charge on any atom is -0.334 e. The van der Waals surface area contributed by atoms with Crippen molar-refractivity contribution in [3.63, 3.8) is 0 Å². The van der Waals surface area contributed by atoms with E-state index in [2.05, 4.69) is 18.0 Å². The standard InChI is InChI=1S/C13H28N2O4S/c1-3-5-7-9-11-15(12-10-8-6-4-2)20(17,18)19-13(14)16/h3-12H2,1-2H3,(H2,14,16). The molecule has 0 spiro atoms. The van der Waals surface area contributed by atoms with Crippen LogP contribution in [-0.2, 0) is 14.5 Å². The molecular formula is C13H28N2O4S. The summed E-state index contributed by atoms with van der Waals surface area (Å²) < 4.78 is 29.2. The van der Waals surface area contributed by atoms with Crippen LogP contribution in [-0.4, -0.2) is 31.9 Å². The van der Waals surface area contributed by atoms with Gasteiger partial charge in [0.2, 0.25) is 0 Å². The van der Waals surface area contributed by atoms with Crippen molar-refractivity contribution in [1.82, 2.24) is 4.31 Å². The van der Waals surface area contributed by atoms with E-state index in [0.29, 0.717) is 13.1 Å². The zero-order valence-electron chi connectivity index (χ0n) is 12.6. The van der Waals surface area contributed by atoms with Crippen molar-refractivity contribution in [3.8, 4) is 0 Å². The van der Waals surface area contributed by atoms with E-state index in [1.165, 1.54) is 4.31 Å². The summed E-state index contributed by atoms with van der Waals surface area (Å²) in [5, 5.41) is 0. The molecular weight excluding hydrogens is 280 g/mol. The van der Waals surface area contributed by atoms with E-state index in [1.807, 2.05) is 0 Å². The first-order chi connectivity index (χ1) is 9.44. The molecule has 0 aromatic heterocycles. The maximum absolute atomic E-state index is 11.9. The van der Waals surface area contributed by atoms with Gasteiger partial charge >= 0.3 is 16.4 Å². The summed E-state index contributed by atoms with van der Waals surface area (Å²) in [4.78, 5) is 10.7. The predicted molar refractivity (Wildman–Crippen MR) is 79.4 cm³/mol. The van der Waals surface area contributed by atoms with Gasteiger partial charge in [0.05, 0.1) is 0 Å². The molecule has 0 heterocycles. The average molecular weight is 308 g/mol. The maximum atomic E-state index is 11.9. The zero-order chi connectivity index (χ0) is 15.4. The Hall–Kier alpha value is -0.820. The lowest BCUT2D eigenvalue weighted by Gasteiger charge is -2.20. The van der Waals surface area contributed by atoms with Crippen LogP contribution in [0, 0.1) is 0 Å². The van der Waals surface area contributed by atoms with E-state index in [4.69, 9.17) is 5.73 Å². The molecule has 0 aliphatic heterocycles. The van der Waals surface area contributed by atoms with Gasteiger partial charge in [0.25, 0.3) is 0 Å². The van der Waals surface area contributed by atoms with Crippen LogP contribution in [0.5, 0.6) is 0 Å². The Morgan fingerprint density at radius 1 is 0.950 bits per heavy atom. The Kier molecular flexibility index (Phi) is 10.5. The highest BCUT2D eigenvalue weighted by atomic mass is 32.2. The Bertz CT molecular complexity index is 345. The van der Waals surface area contributed by atoms with Gasteiger partial charge in [-0.2, -0.15) is 12.7 Å². The van der Waals surface area contributed by atoms with Gasteiger partial charge in [-0.1, -0.05) is 52.4 Å². The smallest absolute Gasteiger partial charge is 0.334 e. The topological polar surface area (TPSA) is 89.7 Å². The number of nitrogens with zero attached hydrogens (tertiary/aromatic N) is 1. The second kappa shape index (κ2) is 10.9. The van der Waals surface area contributed by atoms with Crippen molar-refractivity contribution in [2.75, 3.05) is 13.1 Å². The summed E-state index contributed by atoms with van der Waals surface area (Å²) in [6.45, 7) is 4.94. The third-order valence-electron chi connectivity index (χ3n) is 3.03. The summed E-state index contributed by atoms with van der Waals surface area (Å²) in [5.41, 5.74) is 4.80.